The summed E-state index contributed by atoms with van der Waals surface area (Å²) in [6.45, 7) is 14.3. The molecule has 0 heterocycles. The second-order valence-corrected chi connectivity index (χ2v) is 34.9. The molecule has 0 aliphatic carbocycles. The lowest BCUT2D eigenvalue weighted by atomic mass is 9.99. The normalized spacial score (nSPS) is 14.5. The quantitative estimate of drug-likeness (QED) is 0.0222. The summed E-state index contributed by atoms with van der Waals surface area (Å²) in [5.41, 5.74) is 0. The van der Waals surface area contributed by atoms with Gasteiger partial charge in [-0.1, -0.05) is 389 Å². The van der Waals surface area contributed by atoms with Crippen LogP contribution in [0.3, 0.4) is 0 Å². The van der Waals surface area contributed by atoms with Crippen molar-refractivity contribution in [1.29, 1.82) is 0 Å². The number of phosphoric ester groups is 2. The smallest absolute Gasteiger partial charge is 0.462 e. The van der Waals surface area contributed by atoms with Crippen molar-refractivity contribution in [3.63, 3.8) is 0 Å². The van der Waals surface area contributed by atoms with E-state index < -0.39 is 97.5 Å². The van der Waals surface area contributed by atoms with Crippen LogP contribution in [0.1, 0.15) is 441 Å². The zero-order chi connectivity index (χ0) is 76.7. The Hall–Kier alpha value is -1.94. The first-order valence-corrected chi connectivity index (χ1v) is 46.8. The van der Waals surface area contributed by atoms with Gasteiger partial charge in [0.1, 0.15) is 19.3 Å². The highest BCUT2D eigenvalue weighted by molar-refractivity contribution is 7.47. The second kappa shape index (κ2) is 73.8. The Morgan fingerprint density at radius 2 is 0.462 bits per heavy atom. The van der Waals surface area contributed by atoms with Crippen LogP contribution in [0, 0.1) is 23.7 Å². The first-order chi connectivity index (χ1) is 50.2. The van der Waals surface area contributed by atoms with Crippen molar-refractivity contribution in [3.05, 3.63) is 0 Å². The number of carbonyl (C=O) groups excluding carboxylic acids is 4. The van der Waals surface area contributed by atoms with Crippen molar-refractivity contribution in [2.45, 2.75) is 459 Å². The van der Waals surface area contributed by atoms with Crippen molar-refractivity contribution < 1.29 is 80.2 Å². The van der Waals surface area contributed by atoms with Gasteiger partial charge < -0.3 is 33.8 Å². The van der Waals surface area contributed by atoms with E-state index in [1.54, 1.807) is 0 Å². The van der Waals surface area contributed by atoms with Crippen molar-refractivity contribution in [3.8, 4) is 0 Å². The lowest BCUT2D eigenvalue weighted by Crippen LogP contribution is -2.30. The Morgan fingerprint density at radius 1 is 0.269 bits per heavy atom. The molecule has 17 nitrogen and oxygen atoms in total. The molecule has 0 saturated heterocycles. The summed E-state index contributed by atoms with van der Waals surface area (Å²) in [4.78, 5) is 73.0. The summed E-state index contributed by atoms with van der Waals surface area (Å²) in [6, 6.07) is 0. The SMILES string of the molecule is CCC(C)CCCCCCCCCCCCCCCCCCCCC(=O)OC[C@H](COP(=O)(O)OC[C@@H](O)COP(=O)(O)OC[C@@H](COC(=O)CCCCCCCCC(C)C)OC(=O)CCCCCCCCCCCCCCCCCCCCC(C)CC)OC(=O)CCCCCCCCCCC(C)C. The molecule has 0 rings (SSSR count). The maximum Gasteiger partial charge on any atom is 0.472 e. The molecule has 19 heteroatoms. The van der Waals surface area contributed by atoms with Crippen LogP contribution in [-0.2, 0) is 65.4 Å². The van der Waals surface area contributed by atoms with Crippen molar-refractivity contribution in [2.24, 2.45) is 23.7 Å². The predicted molar refractivity (Wildman–Crippen MR) is 428 cm³/mol. The van der Waals surface area contributed by atoms with E-state index in [0.717, 1.165) is 108 Å². The fourth-order valence-electron chi connectivity index (χ4n) is 13.1. The Labute approximate surface area is 638 Å². The van der Waals surface area contributed by atoms with Crippen LogP contribution < -0.4 is 0 Å². The maximum absolute atomic E-state index is 13.1. The molecule has 0 fully saturated rings. The van der Waals surface area contributed by atoms with Gasteiger partial charge in [-0.3, -0.25) is 37.3 Å². The standard InChI is InChI=1S/C85H166O17P2/c1-9-77(7)63-55-47-38-31-27-23-19-15-11-13-17-21-25-29-33-40-49-57-65-82(87)95-71-80(102-85(90)68-60-52-42-36-35-37-45-53-61-75(3)4)73-99-103(91,92)97-69-79(86)70-98-104(93,94)100-74-81(72-96-83(88)66-58-50-44-43-46-54-62-76(5)6)101-84(89)67-59-51-41-34-30-26-22-18-14-12-16-20-24-28-32-39-48-56-64-78(8)10-2/h75-81,86H,9-74H2,1-8H3,(H,91,92)(H,93,94)/t77?,78?,79-,80-,81-/m1/s1. The highest BCUT2D eigenvalue weighted by Gasteiger charge is 2.30. The molecule has 618 valence electrons. The van der Waals surface area contributed by atoms with Gasteiger partial charge in [-0.25, -0.2) is 9.13 Å². The number of aliphatic hydroxyl groups is 1. The number of ether oxygens (including phenoxy) is 4. The average Bonchev–Trinajstić information content (AvgIpc) is 0.901. The fraction of sp³-hybridized carbons (Fsp3) is 0.953. The van der Waals surface area contributed by atoms with Gasteiger partial charge in [-0.2, -0.15) is 0 Å². The summed E-state index contributed by atoms with van der Waals surface area (Å²) in [6.07, 6.45) is 62.8. The monoisotopic (exact) mass is 1520 g/mol. The molecule has 0 bridgehead atoms. The minimum Gasteiger partial charge on any atom is -0.462 e. The van der Waals surface area contributed by atoms with E-state index in [4.69, 9.17) is 37.0 Å². The van der Waals surface area contributed by atoms with Gasteiger partial charge in [0, 0.05) is 25.7 Å². The molecule has 0 amide bonds. The van der Waals surface area contributed by atoms with Gasteiger partial charge in [-0.05, 0) is 49.4 Å². The zero-order valence-electron chi connectivity index (χ0n) is 68.7. The molecule has 0 aliphatic heterocycles. The van der Waals surface area contributed by atoms with Crippen molar-refractivity contribution in [2.75, 3.05) is 39.6 Å². The van der Waals surface area contributed by atoms with Crippen LogP contribution in [0.25, 0.3) is 0 Å². The van der Waals surface area contributed by atoms with Gasteiger partial charge in [0.2, 0.25) is 0 Å². The first kappa shape index (κ1) is 102. The molecular formula is C85H166O17P2. The zero-order valence-corrected chi connectivity index (χ0v) is 70.5. The van der Waals surface area contributed by atoms with Crippen LogP contribution in [-0.4, -0.2) is 96.7 Å². The van der Waals surface area contributed by atoms with E-state index in [0.29, 0.717) is 37.5 Å². The third-order valence-electron chi connectivity index (χ3n) is 20.5. The molecule has 0 aliphatic rings. The van der Waals surface area contributed by atoms with Crippen molar-refractivity contribution >= 4 is 39.5 Å². The average molecular weight is 1520 g/mol. The summed E-state index contributed by atoms with van der Waals surface area (Å²) in [5.74, 6) is 1.03. The maximum atomic E-state index is 13.1. The summed E-state index contributed by atoms with van der Waals surface area (Å²) >= 11 is 0. The summed E-state index contributed by atoms with van der Waals surface area (Å²) in [5, 5.41) is 10.6. The molecule has 3 N–H and O–H groups in total. The number of phosphoric acid groups is 2. The topological polar surface area (TPSA) is 237 Å². The summed E-state index contributed by atoms with van der Waals surface area (Å²) in [7, 11) is -9.92. The fourth-order valence-corrected chi connectivity index (χ4v) is 14.7. The minimum absolute atomic E-state index is 0.105. The molecule has 104 heavy (non-hydrogen) atoms. The number of carbonyl (C=O) groups is 4. The van der Waals surface area contributed by atoms with E-state index in [1.165, 1.54) is 238 Å². The van der Waals surface area contributed by atoms with E-state index in [1.807, 2.05) is 0 Å². The predicted octanol–water partition coefficient (Wildman–Crippen LogP) is 25.6. The third-order valence-corrected chi connectivity index (χ3v) is 22.4. The lowest BCUT2D eigenvalue weighted by molar-refractivity contribution is -0.161. The van der Waals surface area contributed by atoms with Gasteiger partial charge in [0.15, 0.2) is 12.2 Å². The van der Waals surface area contributed by atoms with Crippen LogP contribution in [0.15, 0.2) is 0 Å². The van der Waals surface area contributed by atoms with Crippen molar-refractivity contribution in [1.82, 2.24) is 0 Å². The van der Waals surface area contributed by atoms with E-state index in [9.17, 15) is 43.2 Å². The van der Waals surface area contributed by atoms with Gasteiger partial charge in [0.05, 0.1) is 26.4 Å². The van der Waals surface area contributed by atoms with E-state index >= 15 is 0 Å². The van der Waals surface area contributed by atoms with Crippen LogP contribution in [0.4, 0.5) is 0 Å². The Kier molecular flexibility index (Phi) is 72.5. The Morgan fingerprint density at radius 3 is 0.683 bits per heavy atom. The van der Waals surface area contributed by atoms with Crippen LogP contribution >= 0.6 is 15.6 Å². The molecule has 4 unspecified atom stereocenters. The number of aliphatic hydroxyl groups excluding tert-OH is 1. The largest absolute Gasteiger partial charge is 0.472 e. The van der Waals surface area contributed by atoms with Crippen LogP contribution in [0.5, 0.6) is 0 Å². The number of esters is 4. The number of hydrogen-bond acceptors (Lipinski definition) is 15. The van der Waals surface area contributed by atoms with Gasteiger partial charge in [0.25, 0.3) is 0 Å². The highest BCUT2D eigenvalue weighted by atomic mass is 31.2. The Bertz CT molecular complexity index is 2030. The molecular weight excluding hydrogens is 1350 g/mol. The molecule has 0 aromatic carbocycles. The second-order valence-electron chi connectivity index (χ2n) is 32.0. The molecule has 0 aromatic heterocycles. The number of hydrogen-bond donors (Lipinski definition) is 3. The van der Waals surface area contributed by atoms with Gasteiger partial charge in [-0.15, -0.1) is 0 Å². The number of unbranched alkanes of at least 4 members (excludes halogenated alkanes) is 46. The molecule has 7 atom stereocenters. The summed E-state index contributed by atoms with van der Waals surface area (Å²) < 4.78 is 68.7. The molecule has 0 spiro atoms. The van der Waals surface area contributed by atoms with Crippen LogP contribution in [0.2, 0.25) is 0 Å². The molecule has 0 saturated carbocycles. The highest BCUT2D eigenvalue weighted by Crippen LogP contribution is 2.45. The lowest BCUT2D eigenvalue weighted by Gasteiger charge is -2.21. The van der Waals surface area contributed by atoms with E-state index in [2.05, 4.69) is 55.4 Å². The third kappa shape index (κ3) is 75.5. The first-order valence-electron chi connectivity index (χ1n) is 43.8. The van der Waals surface area contributed by atoms with Gasteiger partial charge >= 0.3 is 39.5 Å². The number of rotatable bonds is 82. The molecule has 0 aromatic rings. The van der Waals surface area contributed by atoms with E-state index in [-0.39, 0.29) is 25.7 Å². The Balaban J connectivity index is 5.10. The minimum atomic E-state index is -4.96. The molecule has 0 radical (unpaired) electrons.